The van der Waals surface area contributed by atoms with Gasteiger partial charge in [0.2, 0.25) is 0 Å². The highest BCUT2D eigenvalue weighted by Gasteiger charge is 2.09. The van der Waals surface area contributed by atoms with Gasteiger partial charge in [0.25, 0.3) is 0 Å². The van der Waals surface area contributed by atoms with Crippen molar-refractivity contribution in [1.82, 2.24) is 9.88 Å². The van der Waals surface area contributed by atoms with E-state index < -0.39 is 0 Å². The number of rotatable bonds is 5. The normalized spacial score (nSPS) is 11.3. The third kappa shape index (κ3) is 4.16. The first-order chi connectivity index (χ1) is 7.13. The number of hydrogen-bond donors (Lipinski definition) is 1. The van der Waals surface area contributed by atoms with E-state index in [4.69, 9.17) is 16.7 Å². The first kappa shape index (κ1) is 12.4. The first-order valence-corrected chi connectivity index (χ1v) is 5.47. The molecule has 1 N–H and O–H groups in total. The summed E-state index contributed by atoms with van der Waals surface area (Å²) in [4.78, 5) is 6.37. The van der Waals surface area contributed by atoms with E-state index in [1.165, 1.54) is 0 Å². The van der Waals surface area contributed by atoms with E-state index in [-0.39, 0.29) is 6.61 Å². The predicted octanol–water partition coefficient (Wildman–Crippen LogP) is 1.94. The van der Waals surface area contributed by atoms with Crippen molar-refractivity contribution in [2.75, 3.05) is 13.2 Å². The number of aliphatic hydroxyl groups excluding tert-OH is 1. The smallest absolute Gasteiger partial charge is 0.129 e. The van der Waals surface area contributed by atoms with E-state index in [0.717, 1.165) is 12.2 Å². The maximum Gasteiger partial charge on any atom is 0.129 e. The lowest BCUT2D eigenvalue weighted by Crippen LogP contribution is -2.33. The molecule has 4 heteroatoms. The van der Waals surface area contributed by atoms with Crippen LogP contribution in [0.3, 0.4) is 0 Å². The molecule has 0 aliphatic rings. The monoisotopic (exact) mass is 228 g/mol. The van der Waals surface area contributed by atoms with E-state index in [1.807, 2.05) is 12.1 Å². The molecule has 84 valence electrons. The molecule has 0 saturated carbocycles. The van der Waals surface area contributed by atoms with Gasteiger partial charge in [-0.25, -0.2) is 4.98 Å². The number of aromatic nitrogens is 1. The summed E-state index contributed by atoms with van der Waals surface area (Å²) in [5, 5.41) is 9.44. The molecule has 0 aliphatic carbocycles. The van der Waals surface area contributed by atoms with Gasteiger partial charge >= 0.3 is 0 Å². The Morgan fingerprint density at radius 3 is 2.73 bits per heavy atom. The molecule has 0 amide bonds. The molecule has 0 aromatic carbocycles. The second-order valence-corrected chi connectivity index (χ2v) is 4.13. The number of aliphatic hydroxyl groups is 1. The number of pyridine rings is 1. The molecule has 15 heavy (non-hydrogen) atoms. The largest absolute Gasteiger partial charge is 0.395 e. The van der Waals surface area contributed by atoms with Gasteiger partial charge in [-0.1, -0.05) is 17.7 Å². The maximum atomic E-state index is 8.93. The van der Waals surface area contributed by atoms with Crippen LogP contribution in [-0.2, 0) is 6.54 Å². The molecule has 0 aliphatic heterocycles. The minimum atomic E-state index is 0.165. The summed E-state index contributed by atoms with van der Waals surface area (Å²) in [5.41, 5.74) is 0.935. The van der Waals surface area contributed by atoms with Crippen molar-refractivity contribution in [3.05, 3.63) is 29.0 Å². The lowest BCUT2D eigenvalue weighted by Gasteiger charge is -2.25. The van der Waals surface area contributed by atoms with E-state index in [0.29, 0.717) is 17.7 Å². The van der Waals surface area contributed by atoms with Crippen LogP contribution in [0.15, 0.2) is 18.2 Å². The Hall–Kier alpha value is -0.640. The van der Waals surface area contributed by atoms with E-state index in [1.54, 1.807) is 6.07 Å². The number of hydrogen-bond acceptors (Lipinski definition) is 3. The van der Waals surface area contributed by atoms with Crippen molar-refractivity contribution in [3.8, 4) is 0 Å². The van der Waals surface area contributed by atoms with Gasteiger partial charge in [0, 0.05) is 19.1 Å². The summed E-state index contributed by atoms with van der Waals surface area (Å²) >= 11 is 5.81. The van der Waals surface area contributed by atoms with E-state index in [9.17, 15) is 0 Å². The van der Waals surface area contributed by atoms with Crippen LogP contribution in [0.5, 0.6) is 0 Å². The highest BCUT2D eigenvalue weighted by atomic mass is 35.5. The molecule has 0 unspecified atom stereocenters. The Bertz CT molecular complexity index is 304. The van der Waals surface area contributed by atoms with Crippen LogP contribution in [0.1, 0.15) is 19.5 Å². The van der Waals surface area contributed by atoms with Gasteiger partial charge in [-0.05, 0) is 26.0 Å². The lowest BCUT2D eigenvalue weighted by molar-refractivity contribution is 0.158. The van der Waals surface area contributed by atoms with Crippen LogP contribution in [0.25, 0.3) is 0 Å². The molecule has 0 spiro atoms. The van der Waals surface area contributed by atoms with Gasteiger partial charge < -0.3 is 5.11 Å². The summed E-state index contributed by atoms with van der Waals surface area (Å²) in [7, 11) is 0. The summed E-state index contributed by atoms with van der Waals surface area (Å²) in [6, 6.07) is 5.98. The minimum Gasteiger partial charge on any atom is -0.395 e. The molecule has 3 nitrogen and oxygen atoms in total. The Balaban J connectivity index is 2.65. The summed E-state index contributed by atoms with van der Waals surface area (Å²) in [5.74, 6) is 0. The molecule has 1 rings (SSSR count). The zero-order valence-electron chi connectivity index (χ0n) is 9.15. The Kier molecular flexibility index (Phi) is 5.02. The summed E-state index contributed by atoms with van der Waals surface area (Å²) < 4.78 is 0. The molecule has 1 heterocycles. The summed E-state index contributed by atoms with van der Waals surface area (Å²) in [6.45, 7) is 5.74. The van der Waals surface area contributed by atoms with E-state index in [2.05, 4.69) is 23.7 Å². The Morgan fingerprint density at radius 2 is 2.20 bits per heavy atom. The molecule has 0 bridgehead atoms. The molecular weight excluding hydrogens is 212 g/mol. The van der Waals surface area contributed by atoms with Gasteiger partial charge in [0.05, 0.1) is 12.3 Å². The molecule has 1 aromatic heterocycles. The van der Waals surface area contributed by atoms with Crippen LogP contribution >= 0.6 is 11.6 Å². The fourth-order valence-corrected chi connectivity index (χ4v) is 1.58. The average Bonchev–Trinajstić information content (AvgIpc) is 2.17. The molecule has 0 radical (unpaired) electrons. The van der Waals surface area contributed by atoms with E-state index >= 15 is 0 Å². The van der Waals surface area contributed by atoms with Gasteiger partial charge in [-0.15, -0.1) is 0 Å². The molecule has 0 fully saturated rings. The third-order valence-electron chi connectivity index (χ3n) is 2.26. The molecule has 1 aromatic rings. The predicted molar refractivity (Wildman–Crippen MR) is 61.9 cm³/mol. The first-order valence-electron chi connectivity index (χ1n) is 5.10. The number of nitrogens with zero attached hydrogens (tertiary/aromatic N) is 2. The quantitative estimate of drug-likeness (QED) is 0.783. The Morgan fingerprint density at radius 1 is 1.47 bits per heavy atom. The second kappa shape index (κ2) is 6.05. The van der Waals surface area contributed by atoms with Crippen molar-refractivity contribution in [3.63, 3.8) is 0 Å². The van der Waals surface area contributed by atoms with Gasteiger partial charge in [0.15, 0.2) is 0 Å². The van der Waals surface area contributed by atoms with Crippen molar-refractivity contribution in [2.24, 2.45) is 0 Å². The van der Waals surface area contributed by atoms with Crippen molar-refractivity contribution in [2.45, 2.75) is 26.4 Å². The molecule has 0 atom stereocenters. The Labute approximate surface area is 95.7 Å². The summed E-state index contributed by atoms with van der Waals surface area (Å²) in [6.07, 6.45) is 0. The zero-order valence-corrected chi connectivity index (χ0v) is 9.91. The fourth-order valence-electron chi connectivity index (χ4n) is 1.39. The van der Waals surface area contributed by atoms with Gasteiger partial charge in [0.1, 0.15) is 5.15 Å². The SMILES string of the molecule is CC(C)N(CCO)Cc1cccc(Cl)n1. The minimum absolute atomic E-state index is 0.165. The second-order valence-electron chi connectivity index (χ2n) is 3.74. The van der Waals surface area contributed by atoms with Crippen molar-refractivity contribution >= 4 is 11.6 Å². The van der Waals surface area contributed by atoms with Crippen LogP contribution in [0.4, 0.5) is 0 Å². The van der Waals surface area contributed by atoms with Crippen LogP contribution < -0.4 is 0 Å². The zero-order chi connectivity index (χ0) is 11.3. The average molecular weight is 229 g/mol. The molecule has 0 saturated heterocycles. The highest BCUT2D eigenvalue weighted by Crippen LogP contribution is 2.09. The van der Waals surface area contributed by atoms with Crippen molar-refractivity contribution in [1.29, 1.82) is 0 Å². The fraction of sp³-hybridized carbons (Fsp3) is 0.545. The van der Waals surface area contributed by atoms with Gasteiger partial charge in [-0.2, -0.15) is 0 Å². The maximum absolute atomic E-state index is 8.93. The number of halogens is 1. The van der Waals surface area contributed by atoms with Crippen LogP contribution in [0.2, 0.25) is 5.15 Å². The highest BCUT2D eigenvalue weighted by molar-refractivity contribution is 6.29. The molecular formula is C11H17ClN2O. The third-order valence-corrected chi connectivity index (χ3v) is 2.47. The van der Waals surface area contributed by atoms with Crippen molar-refractivity contribution < 1.29 is 5.11 Å². The van der Waals surface area contributed by atoms with Gasteiger partial charge in [-0.3, -0.25) is 4.90 Å². The topological polar surface area (TPSA) is 36.4 Å². The van der Waals surface area contributed by atoms with Crippen LogP contribution in [-0.4, -0.2) is 34.2 Å². The standard InChI is InChI=1S/C11H17ClN2O/c1-9(2)14(6-7-15)8-10-4-3-5-11(12)13-10/h3-5,9,15H,6-8H2,1-2H3. The lowest BCUT2D eigenvalue weighted by atomic mass is 10.2. The van der Waals surface area contributed by atoms with Crippen LogP contribution in [0, 0.1) is 0 Å².